The van der Waals surface area contributed by atoms with Gasteiger partial charge in [0.25, 0.3) is 10.0 Å². The van der Waals surface area contributed by atoms with Gasteiger partial charge in [0.05, 0.1) is 16.1 Å². The van der Waals surface area contributed by atoms with Crippen molar-refractivity contribution in [3.63, 3.8) is 0 Å². The molecule has 3 aromatic rings. The Labute approximate surface area is 179 Å². The van der Waals surface area contributed by atoms with E-state index in [1.54, 1.807) is 12.1 Å². The van der Waals surface area contributed by atoms with E-state index in [0.29, 0.717) is 18.6 Å². The van der Waals surface area contributed by atoms with E-state index in [0.717, 1.165) is 23.2 Å². The Balaban J connectivity index is 1.86. The Hall–Kier alpha value is -2.76. The quantitative estimate of drug-likeness (QED) is 0.609. The average molecular weight is 419 g/mol. The van der Waals surface area contributed by atoms with Gasteiger partial charge in [0.2, 0.25) is 0 Å². The second kappa shape index (κ2) is 8.17. The fourth-order valence-corrected chi connectivity index (χ4v) is 5.37. The summed E-state index contributed by atoms with van der Waals surface area (Å²) in [5.74, 6) is 0. The third kappa shape index (κ3) is 3.83. The van der Waals surface area contributed by atoms with Crippen LogP contribution < -0.4 is 0 Å². The number of likely N-dealkylation sites (tertiary alicyclic amines) is 1. The number of hydrogen-bond acceptors (Lipinski definition) is 3. The van der Waals surface area contributed by atoms with Crippen molar-refractivity contribution in [2.75, 3.05) is 13.6 Å². The van der Waals surface area contributed by atoms with Crippen LogP contribution in [0.5, 0.6) is 0 Å². The largest absolute Gasteiger partial charge is 0.291 e. The summed E-state index contributed by atoms with van der Waals surface area (Å²) < 4.78 is 30.8. The smallest absolute Gasteiger partial charge is 0.282 e. The van der Waals surface area contributed by atoms with Crippen molar-refractivity contribution in [2.24, 2.45) is 4.40 Å². The number of aryl methyl sites for hydroxylation is 1. The van der Waals surface area contributed by atoms with Crippen molar-refractivity contribution in [1.29, 1.82) is 0 Å². The first-order valence-corrected chi connectivity index (χ1v) is 11.6. The summed E-state index contributed by atoms with van der Waals surface area (Å²) in [5.41, 5.74) is 3.33. The summed E-state index contributed by atoms with van der Waals surface area (Å²) in [6, 6.07) is 27.2. The summed E-state index contributed by atoms with van der Waals surface area (Å²) in [4.78, 5) is 2.47. The lowest BCUT2D eigenvalue weighted by molar-refractivity contribution is 0.224. The Bertz CT molecular complexity index is 1140. The van der Waals surface area contributed by atoms with E-state index in [2.05, 4.69) is 40.6 Å². The zero-order valence-electron chi connectivity index (χ0n) is 17.3. The standard InChI is InChI=1S/C25H26N2O2S/c1-20-13-15-23(16-14-20)30(28,29)26-24-17-18-27(2)25(24,22-11-7-4-8-12-22)19-21-9-5-3-6-10-21/h3-16H,17-19H2,1-2H3/b26-24+. The number of nitrogens with zero attached hydrogens (tertiary/aromatic N) is 2. The molecule has 1 fully saturated rings. The van der Waals surface area contributed by atoms with Crippen LogP contribution in [-0.2, 0) is 22.0 Å². The van der Waals surface area contributed by atoms with E-state index in [-0.39, 0.29) is 4.90 Å². The molecule has 4 nitrogen and oxygen atoms in total. The molecule has 3 aromatic carbocycles. The molecule has 0 N–H and O–H groups in total. The van der Waals surface area contributed by atoms with Gasteiger partial charge < -0.3 is 0 Å². The van der Waals surface area contributed by atoms with Gasteiger partial charge in [-0.25, -0.2) is 0 Å². The number of sulfonamides is 1. The molecule has 0 spiro atoms. The zero-order valence-corrected chi connectivity index (χ0v) is 18.1. The predicted octanol–water partition coefficient (Wildman–Crippen LogP) is 4.60. The molecule has 4 rings (SSSR count). The lowest BCUT2D eigenvalue weighted by Crippen LogP contribution is -2.45. The maximum absolute atomic E-state index is 13.2. The topological polar surface area (TPSA) is 49.7 Å². The van der Waals surface area contributed by atoms with Crippen LogP contribution in [0, 0.1) is 6.92 Å². The number of benzene rings is 3. The molecule has 1 saturated heterocycles. The van der Waals surface area contributed by atoms with E-state index in [1.165, 1.54) is 0 Å². The summed E-state index contributed by atoms with van der Waals surface area (Å²) >= 11 is 0. The average Bonchev–Trinajstić information content (AvgIpc) is 3.05. The van der Waals surface area contributed by atoms with Crippen molar-refractivity contribution in [3.8, 4) is 0 Å². The van der Waals surface area contributed by atoms with Crippen LogP contribution in [-0.4, -0.2) is 32.6 Å². The van der Waals surface area contributed by atoms with Crippen molar-refractivity contribution < 1.29 is 8.42 Å². The molecular weight excluding hydrogens is 392 g/mol. The van der Waals surface area contributed by atoms with E-state index in [4.69, 9.17) is 0 Å². The molecule has 0 bridgehead atoms. The van der Waals surface area contributed by atoms with Crippen LogP contribution in [0.3, 0.4) is 0 Å². The number of hydrogen-bond donors (Lipinski definition) is 0. The second-order valence-electron chi connectivity index (χ2n) is 7.89. The molecular formula is C25H26N2O2S. The highest BCUT2D eigenvalue weighted by atomic mass is 32.2. The lowest BCUT2D eigenvalue weighted by Gasteiger charge is -2.37. The third-order valence-electron chi connectivity index (χ3n) is 5.92. The molecule has 0 saturated carbocycles. The maximum Gasteiger partial charge on any atom is 0.282 e. The van der Waals surface area contributed by atoms with Gasteiger partial charge in [0.15, 0.2) is 0 Å². The van der Waals surface area contributed by atoms with E-state index in [9.17, 15) is 8.42 Å². The summed E-state index contributed by atoms with van der Waals surface area (Å²) in [7, 11) is -1.74. The van der Waals surface area contributed by atoms with Gasteiger partial charge >= 0.3 is 0 Å². The van der Waals surface area contributed by atoms with Crippen molar-refractivity contribution in [2.45, 2.75) is 30.2 Å². The van der Waals surface area contributed by atoms with Crippen LogP contribution in [0.2, 0.25) is 0 Å². The van der Waals surface area contributed by atoms with Crippen LogP contribution in [0.4, 0.5) is 0 Å². The molecule has 1 aliphatic heterocycles. The first kappa shape index (κ1) is 20.5. The molecule has 30 heavy (non-hydrogen) atoms. The Morgan fingerprint density at radius 2 is 1.50 bits per heavy atom. The number of rotatable bonds is 5. The molecule has 0 amide bonds. The highest BCUT2D eigenvalue weighted by Gasteiger charge is 2.46. The van der Waals surface area contributed by atoms with Gasteiger partial charge in [-0.05, 0) is 37.2 Å². The SMILES string of the molecule is Cc1ccc(S(=O)(=O)/N=C2\CCN(C)C2(Cc2ccccc2)c2ccccc2)cc1. The molecule has 0 aliphatic carbocycles. The normalized spacial score (nSPS) is 21.2. The van der Waals surface area contributed by atoms with Crippen LogP contribution in [0.1, 0.15) is 23.1 Å². The minimum Gasteiger partial charge on any atom is -0.291 e. The van der Waals surface area contributed by atoms with E-state index >= 15 is 0 Å². The minimum atomic E-state index is -3.79. The van der Waals surface area contributed by atoms with Crippen molar-refractivity contribution in [1.82, 2.24) is 4.90 Å². The van der Waals surface area contributed by atoms with Crippen LogP contribution in [0.25, 0.3) is 0 Å². The summed E-state index contributed by atoms with van der Waals surface area (Å²) in [6.07, 6.45) is 1.28. The summed E-state index contributed by atoms with van der Waals surface area (Å²) in [6.45, 7) is 2.69. The Morgan fingerprint density at radius 1 is 0.900 bits per heavy atom. The van der Waals surface area contributed by atoms with Crippen molar-refractivity contribution >= 4 is 15.7 Å². The molecule has 0 aromatic heterocycles. The van der Waals surface area contributed by atoms with Gasteiger partial charge in [-0.2, -0.15) is 12.8 Å². The minimum absolute atomic E-state index is 0.233. The maximum atomic E-state index is 13.2. The Morgan fingerprint density at radius 3 is 2.13 bits per heavy atom. The lowest BCUT2D eigenvalue weighted by atomic mass is 9.80. The van der Waals surface area contributed by atoms with Crippen LogP contribution >= 0.6 is 0 Å². The first-order chi connectivity index (χ1) is 14.4. The molecule has 5 heteroatoms. The van der Waals surface area contributed by atoms with Gasteiger partial charge in [-0.1, -0.05) is 78.4 Å². The van der Waals surface area contributed by atoms with Gasteiger partial charge in [0.1, 0.15) is 0 Å². The van der Waals surface area contributed by atoms with Gasteiger partial charge in [0, 0.05) is 19.4 Å². The molecule has 1 aliphatic rings. The highest BCUT2D eigenvalue weighted by molar-refractivity contribution is 7.90. The molecule has 154 valence electrons. The second-order valence-corrected chi connectivity index (χ2v) is 9.49. The fraction of sp³-hybridized carbons (Fsp3) is 0.240. The molecule has 1 heterocycles. The molecule has 0 radical (unpaired) electrons. The van der Waals surface area contributed by atoms with Crippen LogP contribution in [0.15, 0.2) is 94.2 Å². The zero-order chi connectivity index (χ0) is 21.2. The molecule has 1 atom stereocenters. The Kier molecular flexibility index (Phi) is 5.58. The van der Waals surface area contributed by atoms with Gasteiger partial charge in [-0.3, -0.25) is 4.90 Å². The first-order valence-electron chi connectivity index (χ1n) is 10.1. The monoisotopic (exact) mass is 418 g/mol. The predicted molar refractivity (Wildman–Crippen MR) is 121 cm³/mol. The third-order valence-corrected chi connectivity index (χ3v) is 7.25. The van der Waals surface area contributed by atoms with E-state index in [1.807, 2.05) is 55.5 Å². The van der Waals surface area contributed by atoms with Gasteiger partial charge in [-0.15, -0.1) is 0 Å². The van der Waals surface area contributed by atoms with Crippen molar-refractivity contribution in [3.05, 3.63) is 102 Å². The van der Waals surface area contributed by atoms with E-state index < -0.39 is 15.6 Å². The molecule has 1 unspecified atom stereocenters. The summed E-state index contributed by atoms with van der Waals surface area (Å²) in [5, 5.41) is 0. The highest BCUT2D eigenvalue weighted by Crippen LogP contribution is 2.39. The number of likely N-dealkylation sites (N-methyl/N-ethyl adjacent to an activating group) is 1. The fourth-order valence-electron chi connectivity index (χ4n) is 4.25.